The van der Waals surface area contributed by atoms with Crippen molar-refractivity contribution >= 4 is 11.4 Å². The smallest absolute Gasteiger partial charge is 0.382 e. The molecule has 1 N–H and O–H groups in total. The van der Waals surface area contributed by atoms with Gasteiger partial charge >= 0.3 is 6.18 Å². The first-order valence-electron chi connectivity index (χ1n) is 7.05. The molecule has 2 aliphatic rings. The standard InChI is InChI=1S/C15H13F5N2O/c1-21-11-3-2-8(5-10(11)14(16)17)22-6-7-4-9(7)12(22)13(23)15(18,19)20/h2-3,5,7,9,12-14,23H,4,6H2. The lowest BCUT2D eigenvalue weighted by atomic mass is 10.0. The fourth-order valence-electron chi connectivity index (χ4n) is 3.38. The molecule has 0 aromatic heterocycles. The van der Waals surface area contributed by atoms with E-state index in [0.717, 1.165) is 6.07 Å². The van der Waals surface area contributed by atoms with E-state index in [2.05, 4.69) is 4.85 Å². The first-order valence-corrected chi connectivity index (χ1v) is 7.05. The summed E-state index contributed by atoms with van der Waals surface area (Å²) in [7, 11) is 0. The van der Waals surface area contributed by atoms with Gasteiger partial charge in [-0.2, -0.15) is 13.2 Å². The number of hydrogen-bond acceptors (Lipinski definition) is 2. The normalized spacial score (nSPS) is 27.7. The molecule has 1 aromatic carbocycles. The maximum atomic E-state index is 13.0. The van der Waals surface area contributed by atoms with Crippen LogP contribution in [0.2, 0.25) is 0 Å². The molecule has 1 aromatic rings. The second-order valence-electron chi connectivity index (χ2n) is 5.94. The van der Waals surface area contributed by atoms with Crippen molar-refractivity contribution in [3.63, 3.8) is 0 Å². The van der Waals surface area contributed by atoms with Crippen molar-refractivity contribution in [3.8, 4) is 0 Å². The molecule has 3 nitrogen and oxygen atoms in total. The largest absolute Gasteiger partial charge is 0.416 e. The summed E-state index contributed by atoms with van der Waals surface area (Å²) in [6.07, 6.45) is -9.56. The number of hydrogen-bond donors (Lipinski definition) is 1. The van der Waals surface area contributed by atoms with Gasteiger partial charge in [0.05, 0.1) is 12.6 Å². The highest BCUT2D eigenvalue weighted by Gasteiger charge is 2.60. The first kappa shape index (κ1) is 16.0. The van der Waals surface area contributed by atoms with E-state index in [9.17, 15) is 27.1 Å². The van der Waals surface area contributed by atoms with E-state index >= 15 is 0 Å². The van der Waals surface area contributed by atoms with E-state index in [0.29, 0.717) is 13.0 Å². The molecule has 8 heteroatoms. The fourth-order valence-corrected chi connectivity index (χ4v) is 3.38. The van der Waals surface area contributed by atoms with Gasteiger partial charge in [0, 0.05) is 17.8 Å². The highest BCUT2D eigenvalue weighted by Crippen LogP contribution is 2.53. The molecule has 1 aliphatic heterocycles. The highest BCUT2D eigenvalue weighted by atomic mass is 19.4. The van der Waals surface area contributed by atoms with Crippen molar-refractivity contribution in [2.24, 2.45) is 11.8 Å². The van der Waals surface area contributed by atoms with Crippen molar-refractivity contribution < 1.29 is 27.1 Å². The van der Waals surface area contributed by atoms with Gasteiger partial charge in [0.25, 0.3) is 6.43 Å². The third-order valence-electron chi connectivity index (χ3n) is 4.56. The van der Waals surface area contributed by atoms with Crippen LogP contribution in [-0.4, -0.2) is 30.0 Å². The minimum atomic E-state index is -4.76. The summed E-state index contributed by atoms with van der Waals surface area (Å²) < 4.78 is 64.7. The molecule has 0 radical (unpaired) electrons. The van der Waals surface area contributed by atoms with Crippen molar-refractivity contribution in [3.05, 3.63) is 35.2 Å². The van der Waals surface area contributed by atoms with Crippen LogP contribution in [0.5, 0.6) is 0 Å². The molecule has 1 aliphatic carbocycles. The Morgan fingerprint density at radius 2 is 2.00 bits per heavy atom. The van der Waals surface area contributed by atoms with E-state index in [4.69, 9.17) is 6.57 Å². The van der Waals surface area contributed by atoms with Gasteiger partial charge in [-0.3, -0.25) is 0 Å². The van der Waals surface area contributed by atoms with Crippen LogP contribution in [0.25, 0.3) is 4.85 Å². The maximum Gasteiger partial charge on any atom is 0.416 e. The van der Waals surface area contributed by atoms with Gasteiger partial charge in [0.2, 0.25) is 0 Å². The number of anilines is 1. The summed E-state index contributed by atoms with van der Waals surface area (Å²) >= 11 is 0. The Morgan fingerprint density at radius 3 is 2.57 bits per heavy atom. The second kappa shape index (κ2) is 5.34. The van der Waals surface area contributed by atoms with Crippen molar-refractivity contribution in [1.82, 2.24) is 0 Å². The van der Waals surface area contributed by atoms with Gasteiger partial charge < -0.3 is 10.0 Å². The van der Waals surface area contributed by atoms with Crippen molar-refractivity contribution in [2.75, 3.05) is 11.4 Å². The van der Waals surface area contributed by atoms with Crippen LogP contribution in [0.4, 0.5) is 33.3 Å². The summed E-state index contributed by atoms with van der Waals surface area (Å²) in [5, 5.41) is 9.63. The number of rotatable bonds is 3. The van der Waals surface area contributed by atoms with Gasteiger partial charge in [-0.1, -0.05) is 6.07 Å². The molecule has 3 rings (SSSR count). The zero-order valence-electron chi connectivity index (χ0n) is 11.8. The minimum Gasteiger partial charge on any atom is -0.382 e. The second-order valence-corrected chi connectivity index (χ2v) is 5.94. The number of aliphatic hydroxyl groups excluding tert-OH is 1. The Kier molecular flexibility index (Phi) is 3.71. The lowest BCUT2D eigenvalue weighted by molar-refractivity contribution is -0.210. The molecule has 1 saturated carbocycles. The van der Waals surface area contributed by atoms with Crippen LogP contribution >= 0.6 is 0 Å². The Bertz CT molecular complexity index is 654. The third-order valence-corrected chi connectivity index (χ3v) is 4.56. The van der Waals surface area contributed by atoms with E-state index < -0.39 is 30.3 Å². The van der Waals surface area contributed by atoms with Gasteiger partial charge in [0.15, 0.2) is 11.8 Å². The lowest BCUT2D eigenvalue weighted by Gasteiger charge is -2.34. The van der Waals surface area contributed by atoms with Gasteiger partial charge in [-0.25, -0.2) is 13.6 Å². The van der Waals surface area contributed by atoms with Crippen LogP contribution in [-0.2, 0) is 0 Å². The summed E-state index contributed by atoms with van der Waals surface area (Å²) in [6.45, 7) is 7.17. The molecule has 1 heterocycles. The number of nitrogens with zero attached hydrogens (tertiary/aromatic N) is 2. The predicted octanol–water partition coefficient (Wildman–Crippen LogP) is 3.92. The highest BCUT2D eigenvalue weighted by molar-refractivity contribution is 5.63. The summed E-state index contributed by atoms with van der Waals surface area (Å²) in [4.78, 5) is 4.34. The molecule has 124 valence electrons. The van der Waals surface area contributed by atoms with Gasteiger partial charge in [-0.05, 0) is 30.4 Å². The molecule has 0 bridgehead atoms. The van der Waals surface area contributed by atoms with Crippen LogP contribution < -0.4 is 4.90 Å². The van der Waals surface area contributed by atoms with Crippen molar-refractivity contribution in [2.45, 2.75) is 31.2 Å². The Balaban J connectivity index is 1.95. The van der Waals surface area contributed by atoms with E-state index in [1.165, 1.54) is 17.0 Å². The maximum absolute atomic E-state index is 13.0. The molecular weight excluding hydrogens is 319 g/mol. The van der Waals surface area contributed by atoms with E-state index in [1.54, 1.807) is 0 Å². The molecule has 2 fully saturated rings. The van der Waals surface area contributed by atoms with Crippen molar-refractivity contribution in [1.29, 1.82) is 0 Å². The van der Waals surface area contributed by atoms with Crippen LogP contribution in [0.3, 0.4) is 0 Å². The fraction of sp³-hybridized carbons (Fsp3) is 0.533. The third kappa shape index (κ3) is 2.74. The van der Waals surface area contributed by atoms with E-state index in [1.807, 2.05) is 0 Å². The molecule has 23 heavy (non-hydrogen) atoms. The molecule has 1 saturated heterocycles. The lowest BCUT2D eigenvalue weighted by Crippen LogP contribution is -2.49. The number of alkyl halides is 5. The van der Waals surface area contributed by atoms with E-state index in [-0.39, 0.29) is 23.2 Å². The SMILES string of the molecule is [C-]#[N+]c1ccc(N2CC3CC3C2C(O)C(F)(F)F)cc1C(F)F. The number of piperidine rings is 1. The number of halogens is 5. The van der Waals surface area contributed by atoms with Crippen LogP contribution in [0.1, 0.15) is 18.4 Å². The minimum absolute atomic E-state index is 0.0486. The van der Waals surface area contributed by atoms with Crippen LogP contribution in [0.15, 0.2) is 18.2 Å². The van der Waals surface area contributed by atoms with Crippen LogP contribution in [0, 0.1) is 18.4 Å². The number of benzene rings is 1. The first-order chi connectivity index (χ1) is 10.7. The number of fused-ring (bicyclic) bond motifs is 1. The molecule has 4 unspecified atom stereocenters. The molecular formula is C15H13F5N2O. The van der Waals surface area contributed by atoms with Gasteiger partial charge in [0.1, 0.15) is 0 Å². The average molecular weight is 332 g/mol. The zero-order valence-corrected chi connectivity index (χ0v) is 11.8. The predicted molar refractivity (Wildman–Crippen MR) is 72.5 cm³/mol. The summed E-state index contributed by atoms with van der Waals surface area (Å²) in [5.74, 6) is -0.227. The monoisotopic (exact) mass is 332 g/mol. The zero-order chi connectivity index (χ0) is 16.9. The Labute approximate surface area is 129 Å². The average Bonchev–Trinajstić information content (AvgIpc) is 3.15. The Hall–Kier alpha value is -1.88. The van der Waals surface area contributed by atoms with Gasteiger partial charge in [-0.15, -0.1) is 0 Å². The summed E-state index contributed by atoms with van der Waals surface area (Å²) in [5.41, 5.74) is -0.535. The topological polar surface area (TPSA) is 27.8 Å². The summed E-state index contributed by atoms with van der Waals surface area (Å²) in [6, 6.07) is 2.44. The Morgan fingerprint density at radius 1 is 1.30 bits per heavy atom. The molecule has 0 spiro atoms. The molecule has 4 atom stereocenters. The molecule has 0 amide bonds. The number of aliphatic hydroxyl groups is 1. The quantitative estimate of drug-likeness (QED) is 0.671.